The quantitative estimate of drug-likeness (QED) is 0.282. The lowest BCUT2D eigenvalue weighted by Gasteiger charge is -2.37. The van der Waals surface area contributed by atoms with E-state index in [1.807, 2.05) is 0 Å². The fourth-order valence-corrected chi connectivity index (χ4v) is 6.01. The Morgan fingerprint density at radius 1 is 1.00 bits per heavy atom. The van der Waals surface area contributed by atoms with E-state index in [-0.39, 0.29) is 47.2 Å². The molecule has 2 saturated carbocycles. The van der Waals surface area contributed by atoms with Crippen molar-refractivity contribution in [2.45, 2.75) is 26.3 Å². The Kier molecular flexibility index (Phi) is 4.95. The molecule has 4 aliphatic carbocycles. The van der Waals surface area contributed by atoms with Crippen LogP contribution in [0.15, 0.2) is 36.4 Å². The average molecular weight is 437 g/mol. The predicted octanol–water partition coefficient (Wildman–Crippen LogP) is 2.50. The van der Waals surface area contributed by atoms with Gasteiger partial charge >= 0.3 is 5.97 Å². The number of hydrogen-bond donors (Lipinski definition) is 0. The van der Waals surface area contributed by atoms with Crippen molar-refractivity contribution in [3.05, 3.63) is 42.0 Å². The van der Waals surface area contributed by atoms with Gasteiger partial charge in [0.1, 0.15) is 11.8 Å². The molecule has 32 heavy (non-hydrogen) atoms. The van der Waals surface area contributed by atoms with E-state index in [1.165, 1.54) is 7.11 Å². The first kappa shape index (κ1) is 20.9. The third kappa shape index (κ3) is 3.09. The van der Waals surface area contributed by atoms with Crippen LogP contribution in [0.25, 0.3) is 0 Å². The Labute approximate surface area is 186 Å². The normalized spacial score (nSPS) is 32.6. The van der Waals surface area contributed by atoms with Gasteiger partial charge in [-0.2, -0.15) is 0 Å². The van der Waals surface area contributed by atoms with Crippen LogP contribution in [0.1, 0.15) is 30.6 Å². The van der Waals surface area contributed by atoms with E-state index in [0.29, 0.717) is 23.1 Å². The summed E-state index contributed by atoms with van der Waals surface area (Å²) in [5, 5.41) is 0. The molecule has 3 fully saturated rings. The van der Waals surface area contributed by atoms with Crippen molar-refractivity contribution in [1.82, 2.24) is 4.90 Å². The van der Waals surface area contributed by atoms with Gasteiger partial charge in [0.2, 0.25) is 11.8 Å². The van der Waals surface area contributed by atoms with Crippen molar-refractivity contribution >= 4 is 23.6 Å². The second-order valence-corrected chi connectivity index (χ2v) is 9.65. The number of carbonyl (C=O) groups excluding carboxylic acids is 4. The molecule has 1 saturated heterocycles. The number of Topliss-reactive ketones (excluding diaryl/α,β-unsaturated/α-hetero) is 1. The number of hydrogen-bond acceptors (Lipinski definition) is 6. The number of nitrogens with zero attached hydrogens (tertiary/aromatic N) is 1. The highest BCUT2D eigenvalue weighted by Crippen LogP contribution is 2.65. The number of imide groups is 1. The van der Waals surface area contributed by atoms with Crippen molar-refractivity contribution in [3.63, 3.8) is 0 Å². The molecule has 5 aliphatic rings. The molecule has 0 aromatic heterocycles. The SMILES string of the molecule is COc1ccc(C(=O)COC(=O)[C@H](C(C)C)N2C(=O)[C@@H]3[C@H]4C=C[C@@H]([C@@H]5C[C@H]45)[C@H]3C2=O)cc1. The van der Waals surface area contributed by atoms with Crippen LogP contribution in [-0.4, -0.2) is 48.2 Å². The molecule has 168 valence electrons. The molecule has 1 heterocycles. The Hall–Kier alpha value is -2.96. The van der Waals surface area contributed by atoms with Gasteiger partial charge in [0.25, 0.3) is 0 Å². The molecule has 6 rings (SSSR count). The highest BCUT2D eigenvalue weighted by atomic mass is 16.5. The molecule has 7 heteroatoms. The smallest absolute Gasteiger partial charge is 0.330 e. The third-order valence-corrected chi connectivity index (χ3v) is 7.61. The molecular formula is C25H27NO6. The lowest BCUT2D eigenvalue weighted by atomic mass is 9.63. The van der Waals surface area contributed by atoms with Gasteiger partial charge in [0.05, 0.1) is 18.9 Å². The zero-order valence-corrected chi connectivity index (χ0v) is 18.4. The molecule has 1 aliphatic heterocycles. The van der Waals surface area contributed by atoms with Gasteiger partial charge in [-0.25, -0.2) is 4.79 Å². The number of rotatable bonds is 7. The van der Waals surface area contributed by atoms with Crippen molar-refractivity contribution in [2.24, 2.45) is 41.4 Å². The largest absolute Gasteiger partial charge is 0.497 e. The zero-order chi connectivity index (χ0) is 22.7. The number of esters is 1. The summed E-state index contributed by atoms with van der Waals surface area (Å²) in [6.07, 6.45) is 5.29. The number of amides is 2. The lowest BCUT2D eigenvalue weighted by Crippen LogP contribution is -2.49. The first-order chi connectivity index (χ1) is 15.3. The number of allylic oxidation sites excluding steroid dienone is 2. The highest BCUT2D eigenvalue weighted by molar-refractivity contribution is 6.09. The van der Waals surface area contributed by atoms with Gasteiger partial charge < -0.3 is 9.47 Å². The fourth-order valence-electron chi connectivity index (χ4n) is 6.01. The van der Waals surface area contributed by atoms with E-state index in [2.05, 4.69) is 12.2 Å². The molecule has 1 aromatic carbocycles. The van der Waals surface area contributed by atoms with Crippen LogP contribution in [0.4, 0.5) is 0 Å². The maximum Gasteiger partial charge on any atom is 0.330 e. The molecule has 2 amide bonds. The minimum absolute atomic E-state index is 0.0944. The van der Waals surface area contributed by atoms with Gasteiger partial charge in [-0.15, -0.1) is 0 Å². The van der Waals surface area contributed by atoms with Crippen molar-refractivity contribution in [2.75, 3.05) is 13.7 Å². The highest BCUT2D eigenvalue weighted by Gasteiger charge is 2.68. The molecule has 2 bridgehead atoms. The van der Waals surface area contributed by atoms with E-state index in [9.17, 15) is 19.2 Å². The molecule has 1 aromatic rings. The first-order valence-electron chi connectivity index (χ1n) is 11.2. The van der Waals surface area contributed by atoms with E-state index in [4.69, 9.17) is 9.47 Å². The van der Waals surface area contributed by atoms with Crippen LogP contribution in [0, 0.1) is 41.4 Å². The van der Waals surface area contributed by atoms with Gasteiger partial charge in [0, 0.05) is 5.56 Å². The average Bonchev–Trinajstić information content (AvgIpc) is 3.58. The van der Waals surface area contributed by atoms with Gasteiger partial charge in [-0.05, 0) is 60.3 Å². The lowest BCUT2D eigenvalue weighted by molar-refractivity contribution is -0.160. The Bertz CT molecular complexity index is 976. The topological polar surface area (TPSA) is 90.0 Å². The summed E-state index contributed by atoms with van der Waals surface area (Å²) in [6, 6.07) is 5.48. The number of carbonyl (C=O) groups is 4. The second kappa shape index (κ2) is 7.57. The third-order valence-electron chi connectivity index (χ3n) is 7.61. The monoisotopic (exact) mass is 437 g/mol. The summed E-state index contributed by atoms with van der Waals surface area (Å²) in [6.45, 7) is 3.11. The Morgan fingerprint density at radius 3 is 2.06 bits per heavy atom. The number of ether oxygens (including phenoxy) is 2. The molecule has 0 spiro atoms. The first-order valence-corrected chi connectivity index (χ1v) is 11.2. The summed E-state index contributed by atoms with van der Waals surface area (Å²) >= 11 is 0. The number of benzene rings is 1. The van der Waals surface area contributed by atoms with Crippen molar-refractivity contribution in [1.29, 1.82) is 0 Å². The Morgan fingerprint density at radius 2 is 1.56 bits per heavy atom. The molecule has 0 unspecified atom stereocenters. The van der Waals surface area contributed by atoms with Crippen LogP contribution >= 0.6 is 0 Å². The van der Waals surface area contributed by atoms with Gasteiger partial charge in [0.15, 0.2) is 12.4 Å². The zero-order valence-electron chi connectivity index (χ0n) is 18.4. The van der Waals surface area contributed by atoms with Crippen LogP contribution in [0.2, 0.25) is 0 Å². The summed E-state index contributed by atoms with van der Waals surface area (Å²) in [7, 11) is 1.53. The van der Waals surface area contributed by atoms with Crippen molar-refractivity contribution in [3.8, 4) is 5.75 Å². The van der Waals surface area contributed by atoms with Crippen LogP contribution in [-0.2, 0) is 19.1 Å². The van der Waals surface area contributed by atoms with E-state index >= 15 is 0 Å². The summed E-state index contributed by atoms with van der Waals surface area (Å²) in [4.78, 5) is 53.3. The summed E-state index contributed by atoms with van der Waals surface area (Å²) in [5.74, 6) is -0.862. The molecule has 0 N–H and O–H groups in total. The molecule has 7 atom stereocenters. The van der Waals surface area contributed by atoms with E-state index in [0.717, 1.165) is 11.3 Å². The standard InChI is InChI=1S/C25H27NO6/c1-12(2)22(25(30)32-11-19(27)13-4-6-14(31-3)7-5-13)26-23(28)20-15-8-9-16(18-10-17(15)18)21(20)24(26)29/h4-9,12,15-18,20-22H,10-11H2,1-3H3/t15-,16-,17-,18+,20+,21+,22-/m0/s1. The summed E-state index contributed by atoms with van der Waals surface area (Å²) < 4.78 is 10.4. The van der Waals surface area contributed by atoms with Crippen molar-refractivity contribution < 1.29 is 28.7 Å². The van der Waals surface area contributed by atoms with Gasteiger partial charge in [-0.3, -0.25) is 19.3 Å². The fraction of sp³-hybridized carbons (Fsp3) is 0.520. The molecular weight excluding hydrogens is 410 g/mol. The maximum atomic E-state index is 13.4. The van der Waals surface area contributed by atoms with Gasteiger partial charge in [-0.1, -0.05) is 26.0 Å². The van der Waals surface area contributed by atoms with E-state index in [1.54, 1.807) is 38.1 Å². The van der Waals surface area contributed by atoms with Crippen LogP contribution < -0.4 is 4.74 Å². The number of methoxy groups -OCH3 is 1. The minimum atomic E-state index is -1.03. The molecule has 0 radical (unpaired) electrons. The second-order valence-electron chi connectivity index (χ2n) is 9.65. The number of likely N-dealkylation sites (tertiary alicyclic amines) is 1. The van der Waals surface area contributed by atoms with Crippen LogP contribution in [0.5, 0.6) is 5.75 Å². The maximum absolute atomic E-state index is 13.4. The Balaban J connectivity index is 1.30. The number of ketones is 1. The van der Waals surface area contributed by atoms with Crippen LogP contribution in [0.3, 0.4) is 0 Å². The minimum Gasteiger partial charge on any atom is -0.497 e. The summed E-state index contributed by atoms with van der Waals surface area (Å²) in [5.41, 5.74) is 0.390. The van der Waals surface area contributed by atoms with E-state index < -0.39 is 18.6 Å². The molecule has 7 nitrogen and oxygen atoms in total. The predicted molar refractivity (Wildman–Crippen MR) is 113 cm³/mol.